The molecular formula is C24H25NO5. The molecule has 0 aliphatic carbocycles. The lowest BCUT2D eigenvalue weighted by Gasteiger charge is -2.23. The van der Waals surface area contributed by atoms with E-state index in [1.54, 1.807) is 19.1 Å². The van der Waals surface area contributed by atoms with Gasteiger partial charge in [0, 0.05) is 16.7 Å². The van der Waals surface area contributed by atoms with E-state index in [9.17, 15) is 14.4 Å². The minimum atomic E-state index is -1.00. The summed E-state index contributed by atoms with van der Waals surface area (Å²) in [6, 6.07) is 13.9. The maximum absolute atomic E-state index is 12.9. The van der Waals surface area contributed by atoms with Crippen LogP contribution < -0.4 is 10.7 Å². The summed E-state index contributed by atoms with van der Waals surface area (Å²) in [4.78, 5) is 38.0. The molecule has 3 aromatic rings. The van der Waals surface area contributed by atoms with E-state index in [4.69, 9.17) is 9.15 Å². The van der Waals surface area contributed by atoms with Crippen LogP contribution in [0.15, 0.2) is 57.7 Å². The Morgan fingerprint density at radius 3 is 2.33 bits per heavy atom. The first-order valence-corrected chi connectivity index (χ1v) is 9.73. The molecule has 1 atom stereocenters. The molecule has 0 aliphatic rings. The zero-order chi connectivity index (χ0) is 22.1. The smallest absolute Gasteiger partial charge is 0.342 e. The maximum atomic E-state index is 12.9. The molecule has 1 aromatic heterocycles. The number of benzene rings is 2. The summed E-state index contributed by atoms with van der Waals surface area (Å²) < 4.78 is 11.4. The number of hydrogen-bond acceptors (Lipinski definition) is 5. The SMILES string of the molecule is Cc1c(-c2ccccc2)oc2c(C(=O)O[C@H](C)C(=O)NC(C)(C)C)cccc2c1=O. The molecule has 1 amide bonds. The summed E-state index contributed by atoms with van der Waals surface area (Å²) in [6.07, 6.45) is -1.00. The van der Waals surface area contributed by atoms with Crippen molar-refractivity contribution in [3.63, 3.8) is 0 Å². The Morgan fingerprint density at radius 2 is 1.70 bits per heavy atom. The van der Waals surface area contributed by atoms with Crippen LogP contribution in [0.25, 0.3) is 22.3 Å². The fourth-order valence-corrected chi connectivity index (χ4v) is 3.08. The molecule has 1 heterocycles. The highest BCUT2D eigenvalue weighted by Gasteiger charge is 2.25. The maximum Gasteiger partial charge on any atom is 0.342 e. The molecule has 0 fully saturated rings. The van der Waals surface area contributed by atoms with Crippen LogP contribution in [-0.2, 0) is 9.53 Å². The van der Waals surface area contributed by atoms with Gasteiger partial charge in [-0.3, -0.25) is 9.59 Å². The molecule has 156 valence electrons. The van der Waals surface area contributed by atoms with Crippen LogP contribution >= 0.6 is 0 Å². The molecule has 0 saturated carbocycles. The van der Waals surface area contributed by atoms with Gasteiger partial charge in [0.15, 0.2) is 17.1 Å². The number of carbonyl (C=O) groups excluding carboxylic acids is 2. The van der Waals surface area contributed by atoms with E-state index in [1.807, 2.05) is 51.1 Å². The van der Waals surface area contributed by atoms with Gasteiger partial charge >= 0.3 is 5.97 Å². The Balaban J connectivity index is 2.02. The van der Waals surface area contributed by atoms with Crippen LogP contribution in [0.3, 0.4) is 0 Å². The van der Waals surface area contributed by atoms with Gasteiger partial charge in [-0.25, -0.2) is 4.79 Å². The third-order valence-electron chi connectivity index (χ3n) is 4.55. The van der Waals surface area contributed by atoms with Crippen molar-refractivity contribution in [1.29, 1.82) is 0 Å². The van der Waals surface area contributed by atoms with Gasteiger partial charge in [0.1, 0.15) is 11.3 Å². The number of nitrogens with one attached hydrogen (secondary N) is 1. The van der Waals surface area contributed by atoms with E-state index in [1.165, 1.54) is 13.0 Å². The Hall–Kier alpha value is -3.41. The number of para-hydroxylation sites is 1. The average Bonchev–Trinajstić information content (AvgIpc) is 2.69. The van der Waals surface area contributed by atoms with Crippen molar-refractivity contribution in [3.8, 4) is 11.3 Å². The first kappa shape index (κ1) is 21.3. The minimum Gasteiger partial charge on any atom is -0.455 e. The molecule has 0 radical (unpaired) electrons. The van der Waals surface area contributed by atoms with Crippen molar-refractivity contribution in [2.45, 2.75) is 46.3 Å². The first-order valence-electron chi connectivity index (χ1n) is 9.73. The van der Waals surface area contributed by atoms with Crippen LogP contribution in [0.4, 0.5) is 0 Å². The lowest BCUT2D eigenvalue weighted by Crippen LogP contribution is -2.46. The number of fused-ring (bicyclic) bond motifs is 1. The Labute approximate surface area is 174 Å². The third kappa shape index (κ3) is 4.43. The van der Waals surface area contributed by atoms with E-state index < -0.39 is 23.5 Å². The predicted octanol–water partition coefficient (Wildman–Crippen LogP) is 4.23. The van der Waals surface area contributed by atoms with Crippen molar-refractivity contribution in [2.75, 3.05) is 0 Å². The van der Waals surface area contributed by atoms with Crippen LogP contribution in [0, 0.1) is 6.92 Å². The van der Waals surface area contributed by atoms with Crippen molar-refractivity contribution in [2.24, 2.45) is 0 Å². The lowest BCUT2D eigenvalue weighted by molar-refractivity contribution is -0.130. The third-order valence-corrected chi connectivity index (χ3v) is 4.55. The van der Waals surface area contributed by atoms with E-state index in [0.29, 0.717) is 11.3 Å². The molecule has 6 nitrogen and oxygen atoms in total. The van der Waals surface area contributed by atoms with Crippen molar-refractivity contribution in [3.05, 3.63) is 69.9 Å². The standard InChI is InChI=1S/C24H25NO5/c1-14-19(26)17-12-9-13-18(21(17)30-20(14)16-10-7-6-8-11-16)23(28)29-15(2)22(27)25-24(3,4)5/h6-13,15H,1-5H3,(H,25,27)/t15-/m1/s1. The second kappa shape index (κ2) is 8.14. The molecule has 0 unspecified atom stereocenters. The van der Waals surface area contributed by atoms with Gasteiger partial charge in [-0.05, 0) is 46.8 Å². The first-order chi connectivity index (χ1) is 14.1. The molecule has 0 saturated heterocycles. The molecular weight excluding hydrogens is 382 g/mol. The lowest BCUT2D eigenvalue weighted by atomic mass is 10.0. The number of hydrogen-bond donors (Lipinski definition) is 1. The normalized spacial score (nSPS) is 12.4. The van der Waals surface area contributed by atoms with Gasteiger partial charge < -0.3 is 14.5 Å². The van der Waals surface area contributed by atoms with Gasteiger partial charge in [0.05, 0.1) is 5.39 Å². The van der Waals surface area contributed by atoms with Crippen molar-refractivity contribution in [1.82, 2.24) is 5.32 Å². The molecule has 0 spiro atoms. The molecule has 0 aliphatic heterocycles. The minimum absolute atomic E-state index is 0.0946. The Bertz CT molecular complexity index is 1160. The monoisotopic (exact) mass is 407 g/mol. The number of rotatable bonds is 4. The van der Waals surface area contributed by atoms with Gasteiger partial charge in [-0.15, -0.1) is 0 Å². The summed E-state index contributed by atoms with van der Waals surface area (Å²) in [6.45, 7) is 8.71. The zero-order valence-corrected chi connectivity index (χ0v) is 17.7. The van der Waals surface area contributed by atoms with Crippen LogP contribution in [0.5, 0.6) is 0 Å². The highest BCUT2D eigenvalue weighted by molar-refractivity contribution is 6.03. The van der Waals surface area contributed by atoms with Crippen molar-refractivity contribution >= 4 is 22.8 Å². The van der Waals surface area contributed by atoms with E-state index >= 15 is 0 Å². The predicted molar refractivity (Wildman–Crippen MR) is 115 cm³/mol. The molecule has 1 N–H and O–H groups in total. The summed E-state index contributed by atoms with van der Waals surface area (Å²) >= 11 is 0. The second-order valence-electron chi connectivity index (χ2n) is 8.22. The fourth-order valence-electron chi connectivity index (χ4n) is 3.08. The highest BCUT2D eigenvalue weighted by Crippen LogP contribution is 2.27. The number of amides is 1. The molecule has 30 heavy (non-hydrogen) atoms. The second-order valence-corrected chi connectivity index (χ2v) is 8.22. The average molecular weight is 407 g/mol. The zero-order valence-electron chi connectivity index (χ0n) is 17.7. The van der Waals surface area contributed by atoms with E-state index in [-0.39, 0.29) is 22.0 Å². The molecule has 2 aromatic carbocycles. The van der Waals surface area contributed by atoms with Crippen molar-refractivity contribution < 1.29 is 18.7 Å². The van der Waals surface area contributed by atoms with Gasteiger partial charge in [-0.2, -0.15) is 0 Å². The van der Waals surface area contributed by atoms with Crippen LogP contribution in [-0.4, -0.2) is 23.5 Å². The molecule has 0 bridgehead atoms. The number of esters is 1. The molecule has 3 rings (SSSR count). The largest absolute Gasteiger partial charge is 0.455 e. The summed E-state index contributed by atoms with van der Waals surface area (Å²) in [5.74, 6) is -0.742. The number of ether oxygens (including phenoxy) is 1. The van der Waals surface area contributed by atoms with E-state index in [0.717, 1.165) is 5.56 Å². The van der Waals surface area contributed by atoms with Gasteiger partial charge in [0.25, 0.3) is 5.91 Å². The fraction of sp³-hybridized carbons (Fsp3) is 0.292. The Morgan fingerprint density at radius 1 is 1.03 bits per heavy atom. The summed E-state index contributed by atoms with van der Waals surface area (Å²) in [7, 11) is 0. The molecule has 6 heteroatoms. The topological polar surface area (TPSA) is 85.6 Å². The van der Waals surface area contributed by atoms with Crippen LogP contribution in [0.2, 0.25) is 0 Å². The Kier molecular flexibility index (Phi) is 5.78. The van der Waals surface area contributed by atoms with Gasteiger partial charge in [0.2, 0.25) is 0 Å². The quantitative estimate of drug-likeness (QED) is 0.654. The highest BCUT2D eigenvalue weighted by atomic mass is 16.5. The van der Waals surface area contributed by atoms with Gasteiger partial charge in [-0.1, -0.05) is 36.4 Å². The summed E-state index contributed by atoms with van der Waals surface area (Å²) in [5, 5.41) is 3.06. The van der Waals surface area contributed by atoms with E-state index in [2.05, 4.69) is 5.32 Å². The number of carbonyl (C=O) groups is 2. The van der Waals surface area contributed by atoms with Crippen LogP contribution in [0.1, 0.15) is 43.6 Å². The summed E-state index contributed by atoms with van der Waals surface area (Å²) in [5.41, 5.74) is 0.750.